The van der Waals surface area contributed by atoms with E-state index in [1.165, 1.54) is 0 Å². The normalized spacial score (nSPS) is 16.0. The van der Waals surface area contributed by atoms with E-state index in [-0.39, 0.29) is 0 Å². The van der Waals surface area contributed by atoms with Gasteiger partial charge in [-0.2, -0.15) is 9.67 Å². The lowest BCUT2D eigenvalue weighted by molar-refractivity contribution is 0.0903. The molecule has 0 aliphatic carbocycles. The maximum atomic E-state index is 5.37. The molecule has 7 heteroatoms. The fourth-order valence-corrected chi connectivity index (χ4v) is 2.57. The Morgan fingerprint density at radius 2 is 1.95 bits per heavy atom. The number of anilines is 1. The summed E-state index contributed by atoms with van der Waals surface area (Å²) in [7, 11) is 0. The Labute approximate surface area is 127 Å². The monoisotopic (exact) mass is 296 g/mol. The van der Waals surface area contributed by atoms with E-state index in [1.807, 2.05) is 30.3 Å². The van der Waals surface area contributed by atoms with Crippen LogP contribution in [0.3, 0.4) is 0 Å². The van der Waals surface area contributed by atoms with Gasteiger partial charge in [-0.15, -0.1) is 5.10 Å². The number of nitrogens with zero attached hydrogens (tertiary/aromatic N) is 5. The van der Waals surface area contributed by atoms with Crippen LogP contribution in [0.25, 0.3) is 16.9 Å². The topological polar surface area (TPSA) is 77.8 Å². The van der Waals surface area contributed by atoms with E-state index in [4.69, 9.17) is 4.74 Å². The number of fused-ring (bicyclic) bond motifs is 1. The second-order valence-electron chi connectivity index (χ2n) is 5.27. The Morgan fingerprint density at radius 1 is 1.14 bits per heavy atom. The van der Waals surface area contributed by atoms with Crippen LogP contribution in [0.5, 0.6) is 0 Å². The van der Waals surface area contributed by atoms with Gasteiger partial charge in [0.2, 0.25) is 5.95 Å². The van der Waals surface area contributed by atoms with Gasteiger partial charge >= 0.3 is 0 Å². The lowest BCUT2D eigenvalue weighted by Crippen LogP contribution is -2.28. The summed E-state index contributed by atoms with van der Waals surface area (Å²) in [5.41, 5.74) is 2.32. The first kappa shape index (κ1) is 13.1. The van der Waals surface area contributed by atoms with Crippen LogP contribution in [-0.4, -0.2) is 44.2 Å². The zero-order chi connectivity index (χ0) is 14.8. The van der Waals surface area contributed by atoms with Gasteiger partial charge in [-0.1, -0.05) is 23.4 Å². The van der Waals surface area contributed by atoms with Gasteiger partial charge in [0.1, 0.15) is 0 Å². The quantitative estimate of drug-likeness (QED) is 0.794. The number of nitrogens with one attached hydrogen (secondary N) is 1. The van der Waals surface area contributed by atoms with Gasteiger partial charge in [0.25, 0.3) is 0 Å². The molecule has 0 spiro atoms. The number of aromatic nitrogens is 5. The van der Waals surface area contributed by atoms with Crippen molar-refractivity contribution in [3.63, 3.8) is 0 Å². The van der Waals surface area contributed by atoms with Crippen LogP contribution in [0, 0.1) is 0 Å². The van der Waals surface area contributed by atoms with Crippen LogP contribution in [0.15, 0.2) is 36.5 Å². The summed E-state index contributed by atoms with van der Waals surface area (Å²) < 4.78 is 7.10. The first-order chi connectivity index (χ1) is 10.9. The average molecular weight is 296 g/mol. The highest BCUT2D eigenvalue weighted by molar-refractivity contribution is 5.71. The molecule has 2 aromatic heterocycles. The van der Waals surface area contributed by atoms with E-state index >= 15 is 0 Å². The van der Waals surface area contributed by atoms with Crippen molar-refractivity contribution in [3.05, 3.63) is 36.5 Å². The van der Waals surface area contributed by atoms with Crippen molar-refractivity contribution in [2.24, 2.45) is 0 Å². The first-order valence-corrected chi connectivity index (χ1v) is 7.38. The number of rotatable bonds is 3. The number of ether oxygens (including phenoxy) is 1. The van der Waals surface area contributed by atoms with Gasteiger partial charge in [-0.25, -0.2) is 4.98 Å². The first-order valence-electron chi connectivity index (χ1n) is 7.38. The second kappa shape index (κ2) is 5.69. The SMILES string of the molecule is c1ccc(-n2nnc3cnc(NC4CCOCC4)nc32)cc1. The van der Waals surface area contributed by atoms with Crippen LogP contribution in [0.1, 0.15) is 12.8 Å². The van der Waals surface area contributed by atoms with Gasteiger partial charge in [0.15, 0.2) is 11.2 Å². The molecular weight excluding hydrogens is 280 g/mol. The summed E-state index contributed by atoms with van der Waals surface area (Å²) in [6.45, 7) is 1.56. The third-order valence-electron chi connectivity index (χ3n) is 3.75. The molecule has 0 unspecified atom stereocenters. The van der Waals surface area contributed by atoms with E-state index in [1.54, 1.807) is 10.9 Å². The largest absolute Gasteiger partial charge is 0.381 e. The number of hydrogen-bond donors (Lipinski definition) is 1. The lowest BCUT2D eigenvalue weighted by Gasteiger charge is -2.22. The molecule has 0 radical (unpaired) electrons. The van der Waals surface area contributed by atoms with Crippen LogP contribution in [0.4, 0.5) is 5.95 Å². The lowest BCUT2D eigenvalue weighted by atomic mass is 10.1. The molecule has 1 fully saturated rings. The van der Waals surface area contributed by atoms with Crippen molar-refractivity contribution in [2.75, 3.05) is 18.5 Å². The van der Waals surface area contributed by atoms with Crippen molar-refractivity contribution in [2.45, 2.75) is 18.9 Å². The van der Waals surface area contributed by atoms with E-state index in [2.05, 4.69) is 25.6 Å². The molecule has 112 valence electrons. The summed E-state index contributed by atoms with van der Waals surface area (Å²) in [6, 6.07) is 10.2. The van der Waals surface area contributed by atoms with Crippen molar-refractivity contribution in [1.29, 1.82) is 0 Å². The number of para-hydroxylation sites is 1. The molecule has 3 aromatic rings. The van der Waals surface area contributed by atoms with Gasteiger partial charge in [-0.05, 0) is 25.0 Å². The maximum absolute atomic E-state index is 5.37. The molecule has 1 saturated heterocycles. The van der Waals surface area contributed by atoms with Crippen LogP contribution < -0.4 is 5.32 Å². The van der Waals surface area contributed by atoms with E-state index in [0.717, 1.165) is 31.7 Å². The Balaban J connectivity index is 1.67. The fraction of sp³-hybridized carbons (Fsp3) is 0.333. The van der Waals surface area contributed by atoms with Gasteiger partial charge < -0.3 is 10.1 Å². The Bertz CT molecular complexity index is 766. The van der Waals surface area contributed by atoms with E-state index in [0.29, 0.717) is 23.2 Å². The molecule has 3 heterocycles. The third kappa shape index (κ3) is 2.50. The molecule has 1 N–H and O–H groups in total. The molecule has 7 nitrogen and oxygen atoms in total. The van der Waals surface area contributed by atoms with Crippen LogP contribution >= 0.6 is 0 Å². The Hall–Kier alpha value is -2.54. The third-order valence-corrected chi connectivity index (χ3v) is 3.75. The van der Waals surface area contributed by atoms with Gasteiger partial charge in [0, 0.05) is 19.3 Å². The van der Waals surface area contributed by atoms with Crippen molar-refractivity contribution in [1.82, 2.24) is 25.0 Å². The summed E-state index contributed by atoms with van der Waals surface area (Å²) in [6.07, 6.45) is 3.64. The summed E-state index contributed by atoms with van der Waals surface area (Å²) in [5.74, 6) is 0.610. The summed E-state index contributed by atoms with van der Waals surface area (Å²) in [4.78, 5) is 8.91. The predicted octanol–water partition coefficient (Wildman–Crippen LogP) is 1.80. The molecule has 0 saturated carbocycles. The van der Waals surface area contributed by atoms with E-state index < -0.39 is 0 Å². The zero-order valence-electron chi connectivity index (χ0n) is 12.0. The standard InChI is InChI=1S/C15H16N6O/c1-2-4-12(5-3-1)21-14-13(19-20-21)10-16-15(18-14)17-11-6-8-22-9-7-11/h1-5,10-11H,6-9H2,(H,16,17,18). The summed E-state index contributed by atoms with van der Waals surface area (Å²) >= 11 is 0. The van der Waals surface area contributed by atoms with Crippen molar-refractivity contribution in [3.8, 4) is 5.69 Å². The highest BCUT2D eigenvalue weighted by atomic mass is 16.5. The Kier molecular flexibility index (Phi) is 3.40. The smallest absolute Gasteiger partial charge is 0.225 e. The average Bonchev–Trinajstić information content (AvgIpc) is 3.00. The number of hydrogen-bond acceptors (Lipinski definition) is 6. The minimum absolute atomic E-state index is 0.354. The molecule has 1 aliphatic rings. The molecule has 4 rings (SSSR count). The molecule has 0 bridgehead atoms. The molecule has 1 aromatic carbocycles. The minimum Gasteiger partial charge on any atom is -0.381 e. The Morgan fingerprint density at radius 3 is 2.77 bits per heavy atom. The molecule has 22 heavy (non-hydrogen) atoms. The maximum Gasteiger partial charge on any atom is 0.225 e. The van der Waals surface area contributed by atoms with Crippen molar-refractivity contribution < 1.29 is 4.74 Å². The van der Waals surface area contributed by atoms with Crippen molar-refractivity contribution >= 4 is 17.1 Å². The predicted molar refractivity (Wildman–Crippen MR) is 81.9 cm³/mol. The van der Waals surface area contributed by atoms with Gasteiger partial charge in [0.05, 0.1) is 11.9 Å². The minimum atomic E-state index is 0.354. The molecular formula is C15H16N6O. The fourth-order valence-electron chi connectivity index (χ4n) is 2.57. The van der Waals surface area contributed by atoms with E-state index in [9.17, 15) is 0 Å². The zero-order valence-corrected chi connectivity index (χ0v) is 12.0. The number of benzene rings is 1. The molecule has 0 atom stereocenters. The summed E-state index contributed by atoms with van der Waals surface area (Å²) in [5, 5.41) is 11.7. The highest BCUT2D eigenvalue weighted by Crippen LogP contribution is 2.17. The molecule has 1 aliphatic heterocycles. The van der Waals surface area contributed by atoms with Crippen LogP contribution in [-0.2, 0) is 4.74 Å². The highest BCUT2D eigenvalue weighted by Gasteiger charge is 2.16. The second-order valence-corrected chi connectivity index (χ2v) is 5.27. The molecule has 0 amide bonds. The van der Waals surface area contributed by atoms with Crippen LogP contribution in [0.2, 0.25) is 0 Å². The van der Waals surface area contributed by atoms with Gasteiger partial charge in [-0.3, -0.25) is 0 Å².